The number of hydrogen-bond acceptors (Lipinski definition) is 1. The lowest BCUT2D eigenvalue weighted by atomic mass is 10.2. The summed E-state index contributed by atoms with van der Waals surface area (Å²) in [6.07, 6.45) is 0. The first kappa shape index (κ1) is 15.9. The predicted molar refractivity (Wildman–Crippen MR) is 81.1 cm³/mol. The molecule has 1 heterocycles. The van der Waals surface area contributed by atoms with Crippen LogP contribution in [0.4, 0.5) is 0 Å². The van der Waals surface area contributed by atoms with E-state index in [0.29, 0.717) is 0 Å². The fourth-order valence-electron chi connectivity index (χ4n) is 1.36. The van der Waals surface area contributed by atoms with E-state index >= 15 is 0 Å². The van der Waals surface area contributed by atoms with Crippen molar-refractivity contribution >= 4 is 11.3 Å². The smallest absolute Gasteiger partial charge is 0.00170 e. The van der Waals surface area contributed by atoms with Gasteiger partial charge in [0.2, 0.25) is 0 Å². The molecule has 1 heteroatoms. The summed E-state index contributed by atoms with van der Waals surface area (Å²) in [6, 6.07) is 12.7. The van der Waals surface area contributed by atoms with Gasteiger partial charge in [-0.05, 0) is 39.8 Å². The molecule has 0 fully saturated rings. The van der Waals surface area contributed by atoms with Crippen LogP contribution in [0.2, 0.25) is 0 Å². The minimum atomic E-state index is 1.34. The predicted octanol–water partition coefficient (Wildman–Crippen LogP) is 5.69. The summed E-state index contributed by atoms with van der Waals surface area (Å²) in [5, 5.41) is 0. The van der Waals surface area contributed by atoms with E-state index in [4.69, 9.17) is 0 Å². The van der Waals surface area contributed by atoms with Gasteiger partial charge in [-0.15, -0.1) is 11.3 Å². The molecule has 17 heavy (non-hydrogen) atoms. The maximum atomic E-state index is 2.17. The summed E-state index contributed by atoms with van der Waals surface area (Å²) in [4.78, 5) is 2.80. The number of benzene rings is 1. The fourth-order valence-corrected chi connectivity index (χ4v) is 2.14. The first-order valence-corrected chi connectivity index (χ1v) is 6.96. The molecule has 0 saturated heterocycles. The lowest BCUT2D eigenvalue weighted by Crippen LogP contribution is -1.71. The average Bonchev–Trinajstić information content (AvgIpc) is 2.66. The Balaban J connectivity index is 0.000000265. The first-order chi connectivity index (χ1) is 8.08. The molecule has 0 N–H and O–H groups in total. The van der Waals surface area contributed by atoms with E-state index in [1.807, 2.05) is 25.2 Å². The molecule has 94 valence electrons. The van der Waals surface area contributed by atoms with Gasteiger partial charge in [0.25, 0.3) is 0 Å². The molecule has 0 spiro atoms. The Morgan fingerprint density at radius 2 is 1.12 bits per heavy atom. The molecular formula is C16H24S. The highest BCUT2D eigenvalue weighted by Crippen LogP contribution is 2.12. The largest absolute Gasteiger partial charge is 0.146 e. The molecule has 0 unspecified atom stereocenters. The van der Waals surface area contributed by atoms with E-state index in [0.717, 1.165) is 0 Å². The Bertz CT molecular complexity index is 379. The van der Waals surface area contributed by atoms with Crippen molar-refractivity contribution in [3.8, 4) is 0 Å². The van der Waals surface area contributed by atoms with E-state index in [2.05, 4.69) is 64.1 Å². The Labute approximate surface area is 110 Å². The molecule has 2 rings (SSSR count). The van der Waals surface area contributed by atoms with E-state index < -0.39 is 0 Å². The quantitative estimate of drug-likeness (QED) is 0.561. The molecule has 0 atom stereocenters. The van der Waals surface area contributed by atoms with Crippen LogP contribution in [0, 0.1) is 27.7 Å². The van der Waals surface area contributed by atoms with Gasteiger partial charge in [0.1, 0.15) is 0 Å². The lowest BCUT2D eigenvalue weighted by molar-refractivity contribution is 1.39. The summed E-state index contributed by atoms with van der Waals surface area (Å²) in [5.74, 6) is 0. The van der Waals surface area contributed by atoms with Crippen molar-refractivity contribution in [2.45, 2.75) is 41.5 Å². The second kappa shape index (κ2) is 9.00. The minimum Gasteiger partial charge on any atom is -0.146 e. The molecule has 0 radical (unpaired) electrons. The van der Waals surface area contributed by atoms with Crippen LogP contribution in [0.15, 0.2) is 36.4 Å². The van der Waals surface area contributed by atoms with Gasteiger partial charge in [-0.1, -0.05) is 49.2 Å². The monoisotopic (exact) mass is 248 g/mol. The SMILES string of the molecule is CC.Cc1ccc(C)s1.Cc1cccc(C)c1. The molecular weight excluding hydrogens is 224 g/mol. The molecule has 0 aliphatic heterocycles. The topological polar surface area (TPSA) is 0 Å². The molecule has 0 bridgehead atoms. The molecule has 1 aromatic carbocycles. The third-order valence-corrected chi connectivity index (χ3v) is 2.96. The van der Waals surface area contributed by atoms with Crippen molar-refractivity contribution in [3.63, 3.8) is 0 Å². The van der Waals surface area contributed by atoms with Gasteiger partial charge in [-0.2, -0.15) is 0 Å². The molecule has 0 nitrogen and oxygen atoms in total. The highest BCUT2D eigenvalue weighted by atomic mass is 32.1. The summed E-state index contributed by atoms with van der Waals surface area (Å²) < 4.78 is 0. The van der Waals surface area contributed by atoms with Crippen molar-refractivity contribution < 1.29 is 0 Å². The van der Waals surface area contributed by atoms with Gasteiger partial charge in [-0.3, -0.25) is 0 Å². The Morgan fingerprint density at radius 1 is 0.706 bits per heavy atom. The van der Waals surface area contributed by atoms with Crippen LogP contribution in [-0.4, -0.2) is 0 Å². The van der Waals surface area contributed by atoms with E-state index in [9.17, 15) is 0 Å². The first-order valence-electron chi connectivity index (χ1n) is 6.14. The van der Waals surface area contributed by atoms with Gasteiger partial charge in [0, 0.05) is 9.75 Å². The standard InChI is InChI=1S/C8H10.C6H8S.C2H6/c1-7-4-3-5-8(2)6-7;1-5-3-4-6(2)7-5;1-2/h3-6H,1-2H3;3-4H,1-2H3;1-2H3. The van der Waals surface area contributed by atoms with Gasteiger partial charge in [0.15, 0.2) is 0 Å². The highest BCUT2D eigenvalue weighted by Gasteiger charge is 1.84. The molecule has 0 aliphatic rings. The number of rotatable bonds is 0. The summed E-state index contributed by atoms with van der Waals surface area (Å²) >= 11 is 1.84. The van der Waals surface area contributed by atoms with Crippen LogP contribution >= 0.6 is 11.3 Å². The van der Waals surface area contributed by atoms with Crippen molar-refractivity contribution in [1.82, 2.24) is 0 Å². The number of aryl methyl sites for hydroxylation is 4. The van der Waals surface area contributed by atoms with E-state index in [1.54, 1.807) is 0 Å². The van der Waals surface area contributed by atoms with Crippen LogP contribution in [0.5, 0.6) is 0 Å². The van der Waals surface area contributed by atoms with Crippen LogP contribution < -0.4 is 0 Å². The van der Waals surface area contributed by atoms with Gasteiger partial charge in [0.05, 0.1) is 0 Å². The summed E-state index contributed by atoms with van der Waals surface area (Å²) in [7, 11) is 0. The van der Waals surface area contributed by atoms with Crippen LogP contribution in [0.1, 0.15) is 34.7 Å². The third kappa shape index (κ3) is 7.76. The zero-order valence-corrected chi connectivity index (χ0v) is 12.7. The van der Waals surface area contributed by atoms with Gasteiger partial charge < -0.3 is 0 Å². The third-order valence-electron chi connectivity index (χ3n) is 2.05. The van der Waals surface area contributed by atoms with Crippen molar-refractivity contribution in [1.29, 1.82) is 0 Å². The fraction of sp³-hybridized carbons (Fsp3) is 0.375. The van der Waals surface area contributed by atoms with E-state index in [1.165, 1.54) is 20.9 Å². The van der Waals surface area contributed by atoms with Crippen molar-refractivity contribution in [2.24, 2.45) is 0 Å². The maximum absolute atomic E-state index is 2.17. The Kier molecular flexibility index (Phi) is 8.43. The number of hydrogen-bond donors (Lipinski definition) is 0. The minimum absolute atomic E-state index is 1.34. The van der Waals surface area contributed by atoms with Crippen LogP contribution in [-0.2, 0) is 0 Å². The maximum Gasteiger partial charge on any atom is 0.00170 e. The zero-order valence-electron chi connectivity index (χ0n) is 11.9. The van der Waals surface area contributed by atoms with Gasteiger partial charge >= 0.3 is 0 Å². The Hall–Kier alpha value is -1.08. The number of thiophene rings is 1. The van der Waals surface area contributed by atoms with Crippen molar-refractivity contribution in [3.05, 3.63) is 57.3 Å². The van der Waals surface area contributed by atoms with Gasteiger partial charge in [-0.25, -0.2) is 0 Å². The summed E-state index contributed by atoms with van der Waals surface area (Å²) in [6.45, 7) is 12.5. The zero-order chi connectivity index (χ0) is 13.3. The molecule has 0 amide bonds. The molecule has 2 aromatic rings. The van der Waals surface area contributed by atoms with Crippen LogP contribution in [0.3, 0.4) is 0 Å². The molecule has 0 saturated carbocycles. The molecule has 1 aromatic heterocycles. The second-order valence-electron chi connectivity index (χ2n) is 3.81. The van der Waals surface area contributed by atoms with Crippen molar-refractivity contribution in [2.75, 3.05) is 0 Å². The summed E-state index contributed by atoms with van der Waals surface area (Å²) in [5.41, 5.74) is 2.68. The lowest BCUT2D eigenvalue weighted by Gasteiger charge is -1.90. The average molecular weight is 248 g/mol. The highest BCUT2D eigenvalue weighted by molar-refractivity contribution is 7.11. The Morgan fingerprint density at radius 3 is 1.29 bits per heavy atom. The molecule has 0 aliphatic carbocycles. The normalized spacial score (nSPS) is 8.59. The second-order valence-corrected chi connectivity index (χ2v) is 5.31. The van der Waals surface area contributed by atoms with Crippen LogP contribution in [0.25, 0.3) is 0 Å². The van der Waals surface area contributed by atoms with E-state index in [-0.39, 0.29) is 0 Å².